The van der Waals surface area contributed by atoms with Gasteiger partial charge in [0.25, 0.3) is 0 Å². The lowest BCUT2D eigenvalue weighted by Crippen LogP contribution is -2.51. The summed E-state index contributed by atoms with van der Waals surface area (Å²) < 4.78 is 11.8. The predicted octanol–water partition coefficient (Wildman–Crippen LogP) is 5.39. The summed E-state index contributed by atoms with van der Waals surface area (Å²) in [4.78, 5) is 17.5. The minimum atomic E-state index is -1.15. The van der Waals surface area contributed by atoms with Crippen molar-refractivity contribution in [3.8, 4) is 11.4 Å². The van der Waals surface area contributed by atoms with Crippen molar-refractivity contribution < 1.29 is 19.2 Å². The number of nitrogens with zero attached hydrogens (tertiary/aromatic N) is 3. The van der Waals surface area contributed by atoms with Crippen molar-refractivity contribution >= 4 is 16.9 Å². The largest absolute Gasteiger partial charge is 0.530 e. The number of carboxylic acid groups (broad SMARTS) is 1. The number of amides is 1. The lowest BCUT2D eigenvalue weighted by Gasteiger charge is -2.40. The van der Waals surface area contributed by atoms with Crippen LogP contribution in [-0.4, -0.2) is 40.3 Å². The summed E-state index contributed by atoms with van der Waals surface area (Å²) in [6.45, 7) is 1.15. The van der Waals surface area contributed by atoms with Gasteiger partial charge in [0.15, 0.2) is 0 Å². The molecule has 1 amide bonds. The van der Waals surface area contributed by atoms with Crippen molar-refractivity contribution in [3.63, 3.8) is 0 Å². The molecule has 1 aliphatic heterocycles. The molecule has 1 fully saturated rings. The van der Waals surface area contributed by atoms with Gasteiger partial charge in [0, 0.05) is 31.0 Å². The van der Waals surface area contributed by atoms with Crippen LogP contribution in [0.25, 0.3) is 22.2 Å². The van der Waals surface area contributed by atoms with E-state index in [0.29, 0.717) is 44.3 Å². The fraction of sp³-hybridized carbons (Fsp3) is 0.242. The van der Waals surface area contributed by atoms with Gasteiger partial charge in [-0.1, -0.05) is 96.2 Å². The number of rotatable bonds is 8. The highest BCUT2D eigenvalue weighted by atomic mass is 16.5. The number of carbonyl (C=O) groups excluding carboxylic acids is 1. The number of carbonyl (C=O) groups is 1. The van der Waals surface area contributed by atoms with Crippen LogP contribution in [0.5, 0.6) is 0 Å². The first-order valence-electron chi connectivity index (χ1n) is 13.6. The predicted molar refractivity (Wildman–Crippen MR) is 150 cm³/mol. The molecule has 0 aliphatic carbocycles. The van der Waals surface area contributed by atoms with Gasteiger partial charge in [0.05, 0.1) is 12.7 Å². The zero-order valence-corrected chi connectivity index (χ0v) is 22.1. The third-order valence-electron chi connectivity index (χ3n) is 7.63. The first-order chi connectivity index (χ1) is 19.6. The van der Waals surface area contributed by atoms with Crippen molar-refractivity contribution in [2.75, 3.05) is 13.1 Å². The molecule has 0 spiro atoms. The van der Waals surface area contributed by atoms with Crippen LogP contribution in [0.3, 0.4) is 0 Å². The third kappa shape index (κ3) is 5.90. The molecule has 0 saturated carbocycles. The van der Waals surface area contributed by atoms with E-state index >= 15 is 0 Å². The highest BCUT2D eigenvalue weighted by Gasteiger charge is 2.31. The number of fused-ring (bicyclic) bond motifs is 1. The highest BCUT2D eigenvalue weighted by molar-refractivity contribution is 5.82. The normalized spacial score (nSPS) is 17.2. The summed E-state index contributed by atoms with van der Waals surface area (Å²) in [5, 5.41) is 18.1. The van der Waals surface area contributed by atoms with Gasteiger partial charge in [-0.2, -0.15) is 4.98 Å². The van der Waals surface area contributed by atoms with Crippen molar-refractivity contribution in [1.82, 2.24) is 15.0 Å². The molecule has 0 N–H and O–H groups in total. The molecule has 1 saturated heterocycles. The monoisotopic (exact) mass is 532 g/mol. The van der Waals surface area contributed by atoms with Crippen molar-refractivity contribution in [3.05, 3.63) is 120 Å². The molecule has 5 aromatic rings. The molecule has 2 unspecified atom stereocenters. The van der Waals surface area contributed by atoms with Crippen molar-refractivity contribution in [1.29, 1.82) is 0 Å². The summed E-state index contributed by atoms with van der Waals surface area (Å²) in [7, 11) is 0. The Labute approximate surface area is 233 Å². The average molecular weight is 533 g/mol. The maximum absolute atomic E-state index is 11.6. The number of benzene rings is 4. The minimum absolute atomic E-state index is 0.0921. The van der Waals surface area contributed by atoms with E-state index in [1.54, 1.807) is 0 Å². The van der Waals surface area contributed by atoms with Gasteiger partial charge in [-0.05, 0) is 46.4 Å². The SMILES string of the molecule is O=C([O-])N1CCC(c2ccc(CCc3nc(-c4ccccc4)no3)cc2)C(OCc2ccc3ccccc3c2)C1. The highest BCUT2D eigenvalue weighted by Crippen LogP contribution is 2.32. The number of likely N-dealkylation sites (tertiary alicyclic amines) is 1. The second-order valence-electron chi connectivity index (χ2n) is 10.3. The molecule has 1 aromatic heterocycles. The van der Waals surface area contributed by atoms with E-state index in [-0.39, 0.29) is 12.0 Å². The molecule has 7 heteroatoms. The molecule has 4 aromatic carbocycles. The van der Waals surface area contributed by atoms with Gasteiger partial charge in [0.1, 0.15) is 6.09 Å². The Bertz CT molecular complexity index is 1580. The average Bonchev–Trinajstić information content (AvgIpc) is 3.49. The Kier molecular flexibility index (Phi) is 7.55. The minimum Gasteiger partial charge on any atom is -0.530 e. The van der Waals surface area contributed by atoms with E-state index in [9.17, 15) is 9.90 Å². The number of piperidine rings is 1. The molecule has 202 valence electrons. The first-order valence-corrected chi connectivity index (χ1v) is 13.6. The fourth-order valence-electron chi connectivity index (χ4n) is 5.41. The Hall–Kier alpha value is -4.49. The van der Waals surface area contributed by atoms with E-state index in [1.165, 1.54) is 15.8 Å². The van der Waals surface area contributed by atoms with Gasteiger partial charge >= 0.3 is 0 Å². The summed E-state index contributed by atoms with van der Waals surface area (Å²) in [6, 6.07) is 32.8. The van der Waals surface area contributed by atoms with Crippen LogP contribution in [0.15, 0.2) is 102 Å². The quantitative estimate of drug-likeness (QED) is 0.266. The number of hydrogen-bond donors (Lipinski definition) is 0. The van der Waals surface area contributed by atoms with Gasteiger partial charge in [0.2, 0.25) is 11.7 Å². The first kappa shape index (κ1) is 25.8. The van der Waals surface area contributed by atoms with E-state index in [4.69, 9.17) is 9.26 Å². The smallest absolute Gasteiger partial charge is 0.227 e. The number of aryl methyl sites for hydroxylation is 2. The molecule has 40 heavy (non-hydrogen) atoms. The molecule has 2 atom stereocenters. The Morgan fingerprint density at radius 2 is 1.65 bits per heavy atom. The molecule has 0 bridgehead atoms. The van der Waals surface area contributed by atoms with E-state index < -0.39 is 6.09 Å². The Morgan fingerprint density at radius 1 is 0.900 bits per heavy atom. The second kappa shape index (κ2) is 11.7. The topological polar surface area (TPSA) is 91.5 Å². The van der Waals surface area contributed by atoms with E-state index in [0.717, 1.165) is 28.5 Å². The Balaban J connectivity index is 1.11. The van der Waals surface area contributed by atoms with E-state index in [1.807, 2.05) is 42.5 Å². The van der Waals surface area contributed by atoms with Crippen molar-refractivity contribution in [2.45, 2.75) is 37.9 Å². The summed E-state index contributed by atoms with van der Waals surface area (Å²) in [5.74, 6) is 1.30. The van der Waals surface area contributed by atoms with Crippen LogP contribution in [0.4, 0.5) is 4.79 Å². The molecular formula is C33H30N3O4-. The molecule has 1 aliphatic rings. The lowest BCUT2D eigenvalue weighted by atomic mass is 9.86. The van der Waals surface area contributed by atoms with Gasteiger partial charge < -0.3 is 24.1 Å². The van der Waals surface area contributed by atoms with Gasteiger partial charge in [-0.15, -0.1) is 0 Å². The van der Waals surface area contributed by atoms with Crippen LogP contribution in [-0.2, 0) is 24.2 Å². The molecule has 6 rings (SSSR count). The van der Waals surface area contributed by atoms with Crippen LogP contribution in [0.2, 0.25) is 0 Å². The second-order valence-corrected chi connectivity index (χ2v) is 10.3. The zero-order chi connectivity index (χ0) is 27.3. The lowest BCUT2D eigenvalue weighted by molar-refractivity contribution is -0.268. The molecule has 2 heterocycles. The molecule has 7 nitrogen and oxygen atoms in total. The Morgan fingerprint density at radius 3 is 2.45 bits per heavy atom. The van der Waals surface area contributed by atoms with Crippen LogP contribution in [0.1, 0.15) is 34.9 Å². The van der Waals surface area contributed by atoms with Gasteiger partial charge in [-0.3, -0.25) is 0 Å². The standard InChI is InChI=1S/C33H31N3O4/c37-33(38)36-19-18-29(30(21-36)39-22-24-12-14-25-6-4-5-9-28(25)20-24)26-15-10-23(11-16-26)13-17-31-34-32(35-40-31)27-7-2-1-3-8-27/h1-12,14-16,20,29-30H,13,17-19,21-22H2,(H,37,38)/p-1. The van der Waals surface area contributed by atoms with E-state index in [2.05, 4.69) is 64.7 Å². The summed E-state index contributed by atoms with van der Waals surface area (Å²) in [5.41, 5.74) is 4.32. The van der Waals surface area contributed by atoms with Crippen LogP contribution >= 0.6 is 0 Å². The third-order valence-corrected chi connectivity index (χ3v) is 7.63. The van der Waals surface area contributed by atoms with Crippen LogP contribution < -0.4 is 5.11 Å². The number of ether oxygens (including phenoxy) is 1. The molecule has 0 radical (unpaired) electrons. The maximum Gasteiger partial charge on any atom is 0.227 e. The number of hydrogen-bond acceptors (Lipinski definition) is 6. The maximum atomic E-state index is 11.6. The fourth-order valence-corrected chi connectivity index (χ4v) is 5.41. The molecular weight excluding hydrogens is 502 g/mol. The summed E-state index contributed by atoms with van der Waals surface area (Å²) in [6.07, 6.45) is 0.700. The number of aromatic nitrogens is 2. The van der Waals surface area contributed by atoms with Crippen molar-refractivity contribution in [2.24, 2.45) is 0 Å². The van der Waals surface area contributed by atoms with Gasteiger partial charge in [-0.25, -0.2) is 0 Å². The zero-order valence-electron chi connectivity index (χ0n) is 22.1. The summed E-state index contributed by atoms with van der Waals surface area (Å²) >= 11 is 0. The van der Waals surface area contributed by atoms with Crippen LogP contribution in [0, 0.1) is 0 Å².